The van der Waals surface area contributed by atoms with E-state index in [1.54, 1.807) is 11.0 Å². The van der Waals surface area contributed by atoms with E-state index in [1.807, 2.05) is 36.4 Å². The molecule has 0 saturated carbocycles. The van der Waals surface area contributed by atoms with E-state index < -0.39 is 0 Å². The van der Waals surface area contributed by atoms with Gasteiger partial charge >= 0.3 is 6.09 Å². The minimum Gasteiger partial charge on any atom is -0.504 e. The number of ether oxygens (including phenoxy) is 2. The van der Waals surface area contributed by atoms with E-state index in [0.717, 1.165) is 16.7 Å². The van der Waals surface area contributed by atoms with Crippen molar-refractivity contribution in [2.45, 2.75) is 19.6 Å². The minimum absolute atomic E-state index is 0.0887. The van der Waals surface area contributed by atoms with E-state index in [4.69, 9.17) is 9.47 Å². The van der Waals surface area contributed by atoms with Crippen molar-refractivity contribution in [3.05, 3.63) is 59.2 Å². The number of phenols is 1. The number of amides is 1. The van der Waals surface area contributed by atoms with Gasteiger partial charge in [-0.05, 0) is 35.2 Å². The van der Waals surface area contributed by atoms with Crippen LogP contribution in [0, 0.1) is 0 Å². The highest BCUT2D eigenvalue weighted by Gasteiger charge is 2.23. The van der Waals surface area contributed by atoms with Crippen LogP contribution in [0.1, 0.15) is 16.7 Å². The largest absolute Gasteiger partial charge is 0.504 e. The van der Waals surface area contributed by atoms with Crippen LogP contribution in [-0.4, -0.2) is 29.8 Å². The zero-order chi connectivity index (χ0) is 16.2. The predicted molar refractivity (Wildman–Crippen MR) is 85.4 cm³/mol. The summed E-state index contributed by atoms with van der Waals surface area (Å²) in [5.41, 5.74) is 2.97. The molecule has 1 N–H and O–H groups in total. The Kier molecular flexibility index (Phi) is 4.37. The van der Waals surface area contributed by atoms with E-state index in [9.17, 15) is 9.90 Å². The van der Waals surface area contributed by atoms with Crippen LogP contribution in [0.4, 0.5) is 4.79 Å². The summed E-state index contributed by atoms with van der Waals surface area (Å²) in [6, 6.07) is 13.1. The van der Waals surface area contributed by atoms with Gasteiger partial charge in [0.2, 0.25) is 0 Å². The summed E-state index contributed by atoms with van der Waals surface area (Å²) in [6.45, 7) is 1.28. The fourth-order valence-corrected chi connectivity index (χ4v) is 2.70. The molecule has 0 spiro atoms. The number of phenolic OH excluding ortho intramolecular Hbond substituents is 1. The molecule has 0 saturated heterocycles. The van der Waals surface area contributed by atoms with E-state index in [0.29, 0.717) is 25.3 Å². The third-order valence-electron chi connectivity index (χ3n) is 3.98. The first-order valence-electron chi connectivity index (χ1n) is 7.52. The molecule has 120 valence electrons. The van der Waals surface area contributed by atoms with Crippen LogP contribution in [-0.2, 0) is 24.3 Å². The van der Waals surface area contributed by atoms with Crippen LogP contribution in [0.2, 0.25) is 0 Å². The Morgan fingerprint density at radius 1 is 1.22 bits per heavy atom. The molecule has 5 heteroatoms. The van der Waals surface area contributed by atoms with Gasteiger partial charge in [0.25, 0.3) is 0 Å². The van der Waals surface area contributed by atoms with Gasteiger partial charge in [-0.2, -0.15) is 0 Å². The molecule has 0 aliphatic carbocycles. The number of carbonyl (C=O) groups excluding carboxylic acids is 1. The van der Waals surface area contributed by atoms with Gasteiger partial charge in [-0.25, -0.2) is 4.79 Å². The molecule has 1 amide bonds. The van der Waals surface area contributed by atoms with Crippen molar-refractivity contribution in [3.63, 3.8) is 0 Å². The Labute approximate surface area is 135 Å². The Bertz CT molecular complexity index is 700. The number of fused-ring (bicyclic) bond motifs is 1. The second-order valence-electron chi connectivity index (χ2n) is 5.50. The molecule has 5 nitrogen and oxygen atoms in total. The van der Waals surface area contributed by atoms with Gasteiger partial charge in [0.1, 0.15) is 6.61 Å². The van der Waals surface area contributed by atoms with E-state index in [2.05, 4.69) is 0 Å². The summed E-state index contributed by atoms with van der Waals surface area (Å²) in [6.07, 6.45) is 0.377. The monoisotopic (exact) mass is 313 g/mol. The number of aromatic hydroxyl groups is 1. The smallest absolute Gasteiger partial charge is 0.410 e. The van der Waals surface area contributed by atoms with Crippen molar-refractivity contribution >= 4 is 6.09 Å². The summed E-state index contributed by atoms with van der Waals surface area (Å²) >= 11 is 0. The van der Waals surface area contributed by atoms with Crippen LogP contribution in [0.5, 0.6) is 11.5 Å². The molecular weight excluding hydrogens is 294 g/mol. The fraction of sp³-hybridized carbons (Fsp3) is 0.278. The minimum atomic E-state index is -0.338. The quantitative estimate of drug-likeness (QED) is 0.946. The SMILES string of the molecule is COc1cc2c(cc1O)CN(C(=O)OCc1ccccc1)CC2. The first-order chi connectivity index (χ1) is 11.2. The molecule has 0 fully saturated rings. The molecule has 23 heavy (non-hydrogen) atoms. The third-order valence-corrected chi connectivity index (χ3v) is 3.98. The Hall–Kier alpha value is -2.69. The van der Waals surface area contributed by atoms with E-state index >= 15 is 0 Å². The lowest BCUT2D eigenvalue weighted by Crippen LogP contribution is -2.36. The van der Waals surface area contributed by atoms with Gasteiger partial charge in [-0.3, -0.25) is 0 Å². The maximum Gasteiger partial charge on any atom is 0.410 e. The Morgan fingerprint density at radius 3 is 2.74 bits per heavy atom. The molecule has 0 aromatic heterocycles. The number of benzene rings is 2. The van der Waals surface area contributed by atoms with E-state index in [-0.39, 0.29) is 18.4 Å². The van der Waals surface area contributed by atoms with Crippen LogP contribution >= 0.6 is 0 Å². The van der Waals surface area contributed by atoms with Crippen molar-refractivity contribution < 1.29 is 19.4 Å². The van der Waals surface area contributed by atoms with Gasteiger partial charge in [0.15, 0.2) is 11.5 Å². The molecule has 0 bridgehead atoms. The standard InChI is InChI=1S/C18H19NO4/c1-22-17-10-14-7-8-19(11-15(14)9-16(17)20)18(21)23-12-13-5-3-2-4-6-13/h2-6,9-10,20H,7-8,11-12H2,1H3. The first-order valence-corrected chi connectivity index (χ1v) is 7.52. The second kappa shape index (κ2) is 6.60. The molecule has 0 radical (unpaired) electrons. The van der Waals surface area contributed by atoms with Crippen molar-refractivity contribution in [3.8, 4) is 11.5 Å². The van der Waals surface area contributed by atoms with Crippen molar-refractivity contribution in [1.82, 2.24) is 4.90 Å². The fourth-order valence-electron chi connectivity index (χ4n) is 2.70. The Morgan fingerprint density at radius 2 is 2.00 bits per heavy atom. The lowest BCUT2D eigenvalue weighted by Gasteiger charge is -2.28. The van der Waals surface area contributed by atoms with Gasteiger partial charge in [0, 0.05) is 13.1 Å². The molecule has 2 aromatic carbocycles. The van der Waals surface area contributed by atoms with Crippen LogP contribution in [0.25, 0.3) is 0 Å². The zero-order valence-corrected chi connectivity index (χ0v) is 13.0. The third kappa shape index (κ3) is 3.39. The number of hydrogen-bond donors (Lipinski definition) is 1. The lowest BCUT2D eigenvalue weighted by atomic mass is 9.99. The second-order valence-corrected chi connectivity index (χ2v) is 5.50. The molecule has 1 heterocycles. The number of rotatable bonds is 3. The normalized spacial score (nSPS) is 13.3. The lowest BCUT2D eigenvalue weighted by molar-refractivity contribution is 0.0918. The molecule has 2 aromatic rings. The maximum absolute atomic E-state index is 12.2. The van der Waals surface area contributed by atoms with E-state index in [1.165, 1.54) is 7.11 Å². The average Bonchev–Trinajstić information content (AvgIpc) is 2.59. The van der Waals surface area contributed by atoms with Crippen molar-refractivity contribution in [2.75, 3.05) is 13.7 Å². The van der Waals surface area contributed by atoms with Crippen LogP contribution in [0.3, 0.4) is 0 Å². The molecule has 3 rings (SSSR count). The van der Waals surface area contributed by atoms with Gasteiger partial charge in [0.05, 0.1) is 7.11 Å². The highest BCUT2D eigenvalue weighted by Crippen LogP contribution is 2.32. The highest BCUT2D eigenvalue weighted by molar-refractivity contribution is 5.68. The Balaban J connectivity index is 1.64. The van der Waals surface area contributed by atoms with Crippen molar-refractivity contribution in [2.24, 2.45) is 0 Å². The molecule has 0 atom stereocenters. The predicted octanol–water partition coefficient (Wildman–Crippen LogP) is 3.10. The topological polar surface area (TPSA) is 59.0 Å². The number of carbonyl (C=O) groups is 1. The summed E-state index contributed by atoms with van der Waals surface area (Å²) in [4.78, 5) is 13.9. The van der Waals surface area contributed by atoms with Gasteiger partial charge in [-0.1, -0.05) is 30.3 Å². The summed E-state index contributed by atoms with van der Waals surface area (Å²) in [5, 5.41) is 9.88. The van der Waals surface area contributed by atoms with Crippen LogP contribution < -0.4 is 4.74 Å². The van der Waals surface area contributed by atoms with Crippen molar-refractivity contribution in [1.29, 1.82) is 0 Å². The highest BCUT2D eigenvalue weighted by atomic mass is 16.6. The average molecular weight is 313 g/mol. The summed E-state index contributed by atoms with van der Waals surface area (Å²) < 4.78 is 10.5. The first kappa shape index (κ1) is 15.2. The number of hydrogen-bond acceptors (Lipinski definition) is 4. The molecular formula is C18H19NO4. The van der Waals surface area contributed by atoms with Gasteiger partial charge in [-0.15, -0.1) is 0 Å². The molecule has 1 aliphatic heterocycles. The number of nitrogens with zero attached hydrogens (tertiary/aromatic N) is 1. The molecule has 0 unspecified atom stereocenters. The molecule has 1 aliphatic rings. The summed E-state index contributed by atoms with van der Waals surface area (Å²) in [5.74, 6) is 0.551. The van der Waals surface area contributed by atoms with Gasteiger partial charge < -0.3 is 19.5 Å². The van der Waals surface area contributed by atoms with Crippen LogP contribution in [0.15, 0.2) is 42.5 Å². The number of methoxy groups -OCH3 is 1. The maximum atomic E-state index is 12.2. The summed E-state index contributed by atoms with van der Waals surface area (Å²) in [7, 11) is 1.53. The zero-order valence-electron chi connectivity index (χ0n) is 13.0.